The van der Waals surface area contributed by atoms with Gasteiger partial charge in [-0.25, -0.2) is 9.07 Å². The van der Waals surface area contributed by atoms with Gasteiger partial charge in [0.05, 0.1) is 23.5 Å². The monoisotopic (exact) mass is 440 g/mol. The number of rotatable bonds is 5. The van der Waals surface area contributed by atoms with Crippen LogP contribution in [0, 0.1) is 19.7 Å². The number of anilines is 1. The second-order valence-electron chi connectivity index (χ2n) is 8.11. The van der Waals surface area contributed by atoms with Crippen molar-refractivity contribution in [3.8, 4) is 0 Å². The molecule has 162 valence electrons. The van der Waals surface area contributed by atoms with Crippen LogP contribution in [0.15, 0.2) is 48.5 Å². The molecule has 4 rings (SSSR count). The van der Waals surface area contributed by atoms with Crippen LogP contribution in [0.1, 0.15) is 40.0 Å². The molecule has 0 aliphatic carbocycles. The number of nitrogens with one attached hydrogen (secondary N) is 1. The summed E-state index contributed by atoms with van der Waals surface area (Å²) in [5.74, 6) is -0.475. The minimum atomic E-state index is -0.238. The van der Waals surface area contributed by atoms with Gasteiger partial charge in [0.1, 0.15) is 11.0 Å². The predicted octanol–water partition coefficient (Wildman–Crippen LogP) is 4.74. The summed E-state index contributed by atoms with van der Waals surface area (Å²) in [6.45, 7) is 5.56. The van der Waals surface area contributed by atoms with Crippen LogP contribution >= 0.6 is 11.6 Å². The number of piperidine rings is 1. The average Bonchev–Trinajstić information content (AvgIpc) is 3.03. The fourth-order valence-corrected chi connectivity index (χ4v) is 4.43. The highest BCUT2D eigenvalue weighted by atomic mass is 35.5. The summed E-state index contributed by atoms with van der Waals surface area (Å²) in [7, 11) is 0. The van der Waals surface area contributed by atoms with Crippen molar-refractivity contribution in [2.45, 2.75) is 39.3 Å². The summed E-state index contributed by atoms with van der Waals surface area (Å²) < 4.78 is 16.0. The lowest BCUT2D eigenvalue weighted by atomic mass is 10.0. The molecular formula is C24H26ClFN4O. The Hall–Kier alpha value is -2.86. The molecule has 1 amide bonds. The third-order valence-electron chi connectivity index (χ3n) is 5.67. The van der Waals surface area contributed by atoms with E-state index in [2.05, 4.69) is 10.4 Å². The van der Waals surface area contributed by atoms with Crippen LogP contribution in [0.3, 0.4) is 0 Å². The summed E-state index contributed by atoms with van der Waals surface area (Å²) in [6.07, 6.45) is 1.71. The number of benzene rings is 2. The molecule has 0 radical (unpaired) electrons. The second kappa shape index (κ2) is 9.10. The molecule has 1 N–H and O–H groups in total. The van der Waals surface area contributed by atoms with Crippen LogP contribution in [-0.4, -0.2) is 34.8 Å². The Bertz CT molecular complexity index is 1080. The molecule has 3 aromatic rings. The molecule has 0 bridgehead atoms. The van der Waals surface area contributed by atoms with E-state index < -0.39 is 0 Å². The van der Waals surface area contributed by atoms with E-state index in [1.165, 1.54) is 6.07 Å². The fourth-order valence-electron chi connectivity index (χ4n) is 4.11. The van der Waals surface area contributed by atoms with E-state index in [0.29, 0.717) is 35.2 Å². The van der Waals surface area contributed by atoms with Gasteiger partial charge >= 0.3 is 0 Å². The molecule has 1 saturated heterocycles. The first-order chi connectivity index (χ1) is 14.9. The van der Waals surface area contributed by atoms with E-state index in [0.717, 1.165) is 30.5 Å². The van der Waals surface area contributed by atoms with Gasteiger partial charge in [-0.2, -0.15) is 5.10 Å². The minimum Gasteiger partial charge on any atom is -0.367 e. The molecule has 31 heavy (non-hydrogen) atoms. The van der Waals surface area contributed by atoms with Gasteiger partial charge in [0.25, 0.3) is 5.91 Å². The molecular weight excluding hydrogens is 415 g/mol. The van der Waals surface area contributed by atoms with Gasteiger partial charge in [-0.3, -0.25) is 4.79 Å². The molecule has 1 fully saturated rings. The maximum Gasteiger partial charge on any atom is 0.256 e. The maximum atomic E-state index is 14.3. The smallest absolute Gasteiger partial charge is 0.256 e. The third kappa shape index (κ3) is 4.74. The van der Waals surface area contributed by atoms with E-state index >= 15 is 0 Å². The Morgan fingerprint density at radius 1 is 1.23 bits per heavy atom. The van der Waals surface area contributed by atoms with E-state index in [9.17, 15) is 9.18 Å². The van der Waals surface area contributed by atoms with Crippen LogP contribution in [0.2, 0.25) is 5.15 Å². The summed E-state index contributed by atoms with van der Waals surface area (Å²) in [5, 5.41) is 7.88. The van der Waals surface area contributed by atoms with Crippen molar-refractivity contribution >= 4 is 23.2 Å². The molecule has 1 unspecified atom stereocenters. The van der Waals surface area contributed by atoms with Crippen LogP contribution in [0.25, 0.3) is 0 Å². The maximum absolute atomic E-state index is 14.3. The summed E-state index contributed by atoms with van der Waals surface area (Å²) in [6, 6.07) is 14.9. The zero-order chi connectivity index (χ0) is 22.0. The van der Waals surface area contributed by atoms with Gasteiger partial charge in [-0.05, 0) is 49.9 Å². The number of nitrogens with zero attached hydrogens (tertiary/aromatic N) is 3. The molecule has 0 saturated carbocycles. The number of hydrogen-bond acceptors (Lipinski definition) is 3. The normalized spacial score (nSPS) is 16.4. The Kier molecular flexibility index (Phi) is 6.28. The highest BCUT2D eigenvalue weighted by Gasteiger charge is 2.27. The first-order valence-electron chi connectivity index (χ1n) is 10.5. The number of carbonyl (C=O) groups is 1. The van der Waals surface area contributed by atoms with Crippen molar-refractivity contribution in [1.82, 2.24) is 15.1 Å². The van der Waals surface area contributed by atoms with Crippen molar-refractivity contribution in [2.24, 2.45) is 0 Å². The van der Waals surface area contributed by atoms with Gasteiger partial charge in [0.2, 0.25) is 0 Å². The third-order valence-corrected chi connectivity index (χ3v) is 6.05. The topological polar surface area (TPSA) is 50.2 Å². The fraction of sp³-hybridized carbons (Fsp3) is 0.333. The largest absolute Gasteiger partial charge is 0.367 e. The van der Waals surface area contributed by atoms with Crippen LogP contribution in [0.4, 0.5) is 10.1 Å². The second-order valence-corrected chi connectivity index (χ2v) is 8.47. The summed E-state index contributed by atoms with van der Waals surface area (Å²) >= 11 is 6.53. The van der Waals surface area contributed by atoms with Crippen LogP contribution in [-0.2, 0) is 6.54 Å². The Balaban J connectivity index is 1.47. The standard InChI is InChI=1S/C24H26ClFN4O/c1-16-10-11-20(26)21(13-16)29-12-6-9-19(15-29)27-24(31)22-17(2)28-30(23(22)25)14-18-7-4-3-5-8-18/h3-5,7-8,10-11,13,19H,6,9,12,14-15H2,1-2H3,(H,27,31). The van der Waals surface area contributed by atoms with Crippen molar-refractivity contribution in [1.29, 1.82) is 0 Å². The number of amides is 1. The highest BCUT2D eigenvalue weighted by molar-refractivity contribution is 6.33. The SMILES string of the molecule is Cc1ccc(F)c(N2CCCC(NC(=O)c3c(C)nn(Cc4ccccc4)c3Cl)C2)c1. The number of carbonyl (C=O) groups excluding carboxylic acids is 1. The molecule has 1 atom stereocenters. The molecule has 1 aromatic heterocycles. The predicted molar refractivity (Wildman–Crippen MR) is 121 cm³/mol. The van der Waals surface area contributed by atoms with Crippen molar-refractivity contribution < 1.29 is 9.18 Å². The highest BCUT2D eigenvalue weighted by Crippen LogP contribution is 2.26. The number of aryl methyl sites for hydroxylation is 2. The van der Waals surface area contributed by atoms with Crippen molar-refractivity contribution in [2.75, 3.05) is 18.0 Å². The molecule has 1 aliphatic rings. The first-order valence-corrected chi connectivity index (χ1v) is 10.9. The molecule has 0 spiro atoms. The minimum absolute atomic E-state index is 0.0888. The van der Waals surface area contributed by atoms with E-state index in [-0.39, 0.29) is 17.8 Å². The van der Waals surface area contributed by atoms with Crippen LogP contribution < -0.4 is 10.2 Å². The lowest BCUT2D eigenvalue weighted by molar-refractivity contribution is 0.0932. The van der Waals surface area contributed by atoms with Gasteiger partial charge in [0, 0.05) is 19.1 Å². The number of aromatic nitrogens is 2. The van der Waals surface area contributed by atoms with E-state index in [4.69, 9.17) is 11.6 Å². The average molecular weight is 441 g/mol. The lowest BCUT2D eigenvalue weighted by Crippen LogP contribution is -2.48. The molecule has 5 nitrogen and oxygen atoms in total. The summed E-state index contributed by atoms with van der Waals surface area (Å²) in [5.41, 5.74) is 3.65. The lowest BCUT2D eigenvalue weighted by Gasteiger charge is -2.35. The van der Waals surface area contributed by atoms with Gasteiger partial charge < -0.3 is 10.2 Å². The van der Waals surface area contributed by atoms with E-state index in [1.54, 1.807) is 17.7 Å². The molecule has 1 aliphatic heterocycles. The van der Waals surface area contributed by atoms with E-state index in [1.807, 2.05) is 48.2 Å². The Labute approximate surface area is 186 Å². The van der Waals surface area contributed by atoms with Gasteiger partial charge in [0.15, 0.2) is 0 Å². The molecule has 2 aromatic carbocycles. The molecule has 7 heteroatoms. The van der Waals surface area contributed by atoms with Crippen LogP contribution in [0.5, 0.6) is 0 Å². The van der Waals surface area contributed by atoms with Gasteiger partial charge in [-0.1, -0.05) is 48.0 Å². The zero-order valence-corrected chi connectivity index (χ0v) is 18.5. The van der Waals surface area contributed by atoms with Crippen molar-refractivity contribution in [3.63, 3.8) is 0 Å². The number of hydrogen-bond donors (Lipinski definition) is 1. The molecule has 2 heterocycles. The summed E-state index contributed by atoms with van der Waals surface area (Å²) in [4.78, 5) is 15.0. The Morgan fingerprint density at radius 2 is 2.00 bits per heavy atom. The first kappa shape index (κ1) is 21.4. The quantitative estimate of drug-likeness (QED) is 0.623. The number of halogens is 2. The van der Waals surface area contributed by atoms with Gasteiger partial charge in [-0.15, -0.1) is 0 Å². The Morgan fingerprint density at radius 3 is 2.77 bits per heavy atom. The zero-order valence-electron chi connectivity index (χ0n) is 17.7. The van der Waals surface area contributed by atoms with Crippen molar-refractivity contribution in [3.05, 3.63) is 81.9 Å².